The van der Waals surface area contributed by atoms with Crippen LogP contribution in [-0.2, 0) is 6.54 Å². The second kappa shape index (κ2) is 7.82. The molecule has 0 aliphatic rings. The first-order chi connectivity index (χ1) is 14.4. The van der Waals surface area contributed by atoms with Crippen molar-refractivity contribution in [2.75, 3.05) is 0 Å². The second-order valence-electron chi connectivity index (χ2n) is 6.77. The number of hydrogen-bond donors (Lipinski definition) is 0. The van der Waals surface area contributed by atoms with E-state index in [4.69, 9.17) is 0 Å². The lowest BCUT2D eigenvalue weighted by Gasteiger charge is -2.10. The van der Waals surface area contributed by atoms with Gasteiger partial charge in [0, 0.05) is 23.8 Å². The van der Waals surface area contributed by atoms with Crippen LogP contribution in [0.15, 0.2) is 76.3 Å². The number of hydrogen-bond acceptors (Lipinski definition) is 4. The van der Waals surface area contributed by atoms with Crippen LogP contribution in [0.2, 0.25) is 0 Å². The highest BCUT2D eigenvalue weighted by Crippen LogP contribution is 2.19. The Hall–Kier alpha value is -3.94. The van der Waals surface area contributed by atoms with Crippen molar-refractivity contribution in [1.82, 2.24) is 19.6 Å². The number of aromatic nitrogens is 4. The number of halogens is 2. The number of rotatable bonds is 4. The van der Waals surface area contributed by atoms with Gasteiger partial charge in [-0.05, 0) is 48.9 Å². The molecule has 6 nitrogen and oxygen atoms in total. The topological polar surface area (TPSA) is 69.8 Å². The van der Waals surface area contributed by atoms with Crippen molar-refractivity contribution in [2.24, 2.45) is 0 Å². The highest BCUT2D eigenvalue weighted by molar-refractivity contribution is 5.58. The molecule has 4 rings (SSSR count). The van der Waals surface area contributed by atoms with Crippen LogP contribution in [0.4, 0.5) is 8.78 Å². The zero-order valence-electron chi connectivity index (χ0n) is 15.9. The fourth-order valence-electron chi connectivity index (χ4n) is 3.07. The van der Waals surface area contributed by atoms with Gasteiger partial charge in [0.2, 0.25) is 0 Å². The highest BCUT2D eigenvalue weighted by atomic mass is 19.1. The SMILES string of the molecule is Cc1ccc(=O)n(-c2cccc(Cn3nc(-c4cc(F)cc(F)c4)ccc3=O)c2)n1. The van der Waals surface area contributed by atoms with Crippen LogP contribution in [0.5, 0.6) is 0 Å². The van der Waals surface area contributed by atoms with E-state index in [2.05, 4.69) is 10.2 Å². The molecule has 0 saturated heterocycles. The summed E-state index contributed by atoms with van der Waals surface area (Å²) in [7, 11) is 0. The third-order valence-electron chi connectivity index (χ3n) is 4.45. The monoisotopic (exact) mass is 406 g/mol. The molecule has 0 amide bonds. The minimum Gasteiger partial charge on any atom is -0.268 e. The maximum absolute atomic E-state index is 13.5. The summed E-state index contributed by atoms with van der Waals surface area (Å²) in [6, 6.07) is 15.8. The molecule has 0 N–H and O–H groups in total. The van der Waals surface area contributed by atoms with E-state index in [1.807, 2.05) is 0 Å². The van der Waals surface area contributed by atoms with Gasteiger partial charge in [0.05, 0.1) is 23.6 Å². The van der Waals surface area contributed by atoms with Crippen LogP contribution in [0, 0.1) is 18.6 Å². The molecule has 2 heterocycles. The molecule has 0 radical (unpaired) electrons. The summed E-state index contributed by atoms with van der Waals surface area (Å²) < 4.78 is 29.6. The lowest BCUT2D eigenvalue weighted by atomic mass is 10.1. The van der Waals surface area contributed by atoms with Crippen LogP contribution in [0.3, 0.4) is 0 Å². The van der Waals surface area contributed by atoms with Crippen molar-refractivity contribution >= 4 is 0 Å². The van der Waals surface area contributed by atoms with Gasteiger partial charge in [-0.3, -0.25) is 9.59 Å². The molecule has 30 heavy (non-hydrogen) atoms. The summed E-state index contributed by atoms with van der Waals surface area (Å²) in [6.45, 7) is 1.89. The van der Waals surface area contributed by atoms with Crippen molar-refractivity contribution < 1.29 is 8.78 Å². The smallest absolute Gasteiger partial charge is 0.268 e. The van der Waals surface area contributed by atoms with E-state index in [0.717, 1.165) is 18.2 Å². The Kier molecular flexibility index (Phi) is 5.05. The Morgan fingerprint density at radius 1 is 0.833 bits per heavy atom. The van der Waals surface area contributed by atoms with E-state index < -0.39 is 11.6 Å². The minimum absolute atomic E-state index is 0.110. The first-order valence-electron chi connectivity index (χ1n) is 9.10. The first kappa shape index (κ1) is 19.4. The van der Waals surface area contributed by atoms with Crippen molar-refractivity contribution in [3.05, 3.63) is 110 Å². The predicted molar refractivity (Wildman–Crippen MR) is 108 cm³/mol. The van der Waals surface area contributed by atoms with Crippen LogP contribution in [0.1, 0.15) is 11.3 Å². The van der Waals surface area contributed by atoms with E-state index in [9.17, 15) is 18.4 Å². The summed E-state index contributed by atoms with van der Waals surface area (Å²) in [6.07, 6.45) is 0. The van der Waals surface area contributed by atoms with Gasteiger partial charge in [-0.15, -0.1) is 0 Å². The summed E-state index contributed by atoms with van der Waals surface area (Å²) in [4.78, 5) is 24.4. The van der Waals surface area contributed by atoms with Crippen molar-refractivity contribution in [3.63, 3.8) is 0 Å². The number of nitrogens with zero attached hydrogens (tertiary/aromatic N) is 4. The zero-order valence-corrected chi connectivity index (χ0v) is 15.9. The summed E-state index contributed by atoms with van der Waals surface area (Å²) in [5.41, 5.74) is 1.80. The standard InChI is InChI=1S/C22H16F2N4O2/c1-14-5-7-22(30)28(25-14)19-4-2-3-15(9-19)13-27-21(29)8-6-20(26-27)16-10-17(23)12-18(24)11-16/h2-12H,13H2,1H3. The fraction of sp³-hybridized carbons (Fsp3) is 0.0909. The van der Waals surface area contributed by atoms with Gasteiger partial charge >= 0.3 is 0 Å². The number of benzene rings is 2. The van der Waals surface area contributed by atoms with E-state index in [1.165, 1.54) is 27.6 Å². The number of aryl methyl sites for hydroxylation is 1. The van der Waals surface area contributed by atoms with Gasteiger partial charge in [-0.2, -0.15) is 14.9 Å². The average Bonchev–Trinajstić information content (AvgIpc) is 2.71. The normalized spacial score (nSPS) is 10.9. The van der Waals surface area contributed by atoms with Gasteiger partial charge in [0.15, 0.2) is 0 Å². The maximum Gasteiger partial charge on any atom is 0.271 e. The Bertz CT molecular complexity index is 1340. The largest absolute Gasteiger partial charge is 0.271 e. The molecule has 0 aliphatic heterocycles. The Labute approximate surface area is 169 Å². The lowest BCUT2D eigenvalue weighted by molar-refractivity contribution is 0.583. The molecule has 0 fully saturated rings. The van der Waals surface area contributed by atoms with E-state index >= 15 is 0 Å². The van der Waals surface area contributed by atoms with Gasteiger partial charge in [-0.1, -0.05) is 12.1 Å². The molecule has 0 unspecified atom stereocenters. The molecule has 0 bridgehead atoms. The second-order valence-corrected chi connectivity index (χ2v) is 6.77. The molecule has 0 atom stereocenters. The Morgan fingerprint density at radius 2 is 1.57 bits per heavy atom. The zero-order chi connectivity index (χ0) is 21.3. The fourth-order valence-corrected chi connectivity index (χ4v) is 3.07. The summed E-state index contributed by atoms with van der Waals surface area (Å²) in [5, 5.41) is 8.47. The third-order valence-corrected chi connectivity index (χ3v) is 4.45. The minimum atomic E-state index is -0.728. The lowest BCUT2D eigenvalue weighted by Crippen LogP contribution is -2.23. The Balaban J connectivity index is 1.70. The molecular formula is C22H16F2N4O2. The molecule has 4 aromatic rings. The van der Waals surface area contributed by atoms with Crippen molar-refractivity contribution in [2.45, 2.75) is 13.5 Å². The maximum atomic E-state index is 13.5. The van der Waals surface area contributed by atoms with Crippen LogP contribution in [-0.4, -0.2) is 19.6 Å². The third kappa shape index (κ3) is 4.07. The van der Waals surface area contributed by atoms with Gasteiger partial charge in [0.25, 0.3) is 11.1 Å². The molecule has 0 saturated carbocycles. The van der Waals surface area contributed by atoms with E-state index in [1.54, 1.807) is 37.3 Å². The molecule has 0 spiro atoms. The Morgan fingerprint density at radius 3 is 2.33 bits per heavy atom. The van der Waals surface area contributed by atoms with Crippen LogP contribution >= 0.6 is 0 Å². The quantitative estimate of drug-likeness (QED) is 0.522. The van der Waals surface area contributed by atoms with Crippen molar-refractivity contribution in [3.8, 4) is 16.9 Å². The predicted octanol–water partition coefficient (Wildman–Crippen LogP) is 3.09. The van der Waals surface area contributed by atoms with E-state index in [0.29, 0.717) is 16.9 Å². The van der Waals surface area contributed by atoms with Crippen LogP contribution < -0.4 is 11.1 Å². The molecular weight excluding hydrogens is 390 g/mol. The summed E-state index contributed by atoms with van der Waals surface area (Å²) in [5.74, 6) is -1.46. The van der Waals surface area contributed by atoms with Crippen LogP contribution in [0.25, 0.3) is 16.9 Å². The van der Waals surface area contributed by atoms with Crippen molar-refractivity contribution in [1.29, 1.82) is 0 Å². The average molecular weight is 406 g/mol. The van der Waals surface area contributed by atoms with Gasteiger partial charge in [-0.25, -0.2) is 13.5 Å². The summed E-state index contributed by atoms with van der Waals surface area (Å²) >= 11 is 0. The van der Waals surface area contributed by atoms with Gasteiger partial charge < -0.3 is 0 Å². The molecule has 150 valence electrons. The molecule has 2 aromatic carbocycles. The van der Waals surface area contributed by atoms with Gasteiger partial charge in [0.1, 0.15) is 11.6 Å². The highest BCUT2D eigenvalue weighted by Gasteiger charge is 2.09. The molecule has 8 heteroatoms. The first-order valence-corrected chi connectivity index (χ1v) is 9.10. The molecule has 0 aliphatic carbocycles. The molecule has 2 aromatic heterocycles. The van der Waals surface area contributed by atoms with E-state index in [-0.39, 0.29) is 28.9 Å².